The molecule has 0 radical (unpaired) electrons. The molecule has 7 nitrogen and oxygen atoms in total. The number of esters is 1. The van der Waals surface area contributed by atoms with Gasteiger partial charge in [-0.3, -0.25) is 19.7 Å². The van der Waals surface area contributed by atoms with Gasteiger partial charge in [0.1, 0.15) is 5.56 Å². The smallest absolute Gasteiger partial charge is 0.310 e. The summed E-state index contributed by atoms with van der Waals surface area (Å²) < 4.78 is 4.60. The Hall–Kier alpha value is -2.44. The van der Waals surface area contributed by atoms with E-state index in [1.165, 1.54) is 31.2 Å². The van der Waals surface area contributed by atoms with Crippen LogP contribution in [0, 0.1) is 23.0 Å². The molecular formula is C14H18N2O5. The van der Waals surface area contributed by atoms with Crippen LogP contribution < -0.4 is 0 Å². The number of amides is 1. The molecule has 1 unspecified atom stereocenters. The van der Waals surface area contributed by atoms with Crippen molar-refractivity contribution in [2.75, 3.05) is 20.7 Å². The molecule has 1 rings (SSSR count). The number of carbonyl (C=O) groups excluding carboxylic acids is 2. The highest BCUT2D eigenvalue weighted by molar-refractivity contribution is 5.99. The van der Waals surface area contributed by atoms with E-state index in [9.17, 15) is 19.7 Å². The van der Waals surface area contributed by atoms with E-state index in [2.05, 4.69) is 4.74 Å². The van der Waals surface area contributed by atoms with E-state index in [1.807, 2.05) is 0 Å². The van der Waals surface area contributed by atoms with Gasteiger partial charge in [-0.15, -0.1) is 0 Å². The van der Waals surface area contributed by atoms with Crippen LogP contribution in [0.5, 0.6) is 0 Å². The fourth-order valence-electron chi connectivity index (χ4n) is 2.04. The Labute approximate surface area is 122 Å². The van der Waals surface area contributed by atoms with Gasteiger partial charge in [-0.05, 0) is 12.5 Å². The third kappa shape index (κ3) is 3.77. The van der Waals surface area contributed by atoms with Crippen LogP contribution in [0.25, 0.3) is 0 Å². The van der Waals surface area contributed by atoms with Gasteiger partial charge in [0.05, 0.1) is 18.0 Å². The summed E-state index contributed by atoms with van der Waals surface area (Å²) in [6.45, 7) is 3.39. The maximum absolute atomic E-state index is 12.4. The number of hydrogen-bond donors (Lipinski definition) is 0. The summed E-state index contributed by atoms with van der Waals surface area (Å²) in [5.41, 5.74) is 0.325. The van der Waals surface area contributed by atoms with E-state index in [0.717, 1.165) is 0 Å². The fraction of sp³-hybridized carbons (Fsp3) is 0.429. The Kier molecular flexibility index (Phi) is 5.40. The van der Waals surface area contributed by atoms with Crippen molar-refractivity contribution >= 4 is 17.6 Å². The Bertz CT molecular complexity index is 570. The van der Waals surface area contributed by atoms with E-state index in [4.69, 9.17) is 0 Å². The maximum atomic E-state index is 12.4. The Balaban J connectivity index is 3.03. The van der Waals surface area contributed by atoms with Gasteiger partial charge in [0.15, 0.2) is 0 Å². The molecule has 1 aromatic carbocycles. The lowest BCUT2D eigenvalue weighted by atomic mass is 10.0. The normalized spacial score (nSPS) is 11.6. The molecule has 0 N–H and O–H groups in total. The molecule has 1 atom stereocenters. The number of hydrogen-bond acceptors (Lipinski definition) is 5. The predicted octanol–water partition coefficient (Wildman–Crippen LogP) is 1.78. The third-order valence-electron chi connectivity index (χ3n) is 3.16. The Morgan fingerprint density at radius 1 is 1.43 bits per heavy atom. The zero-order valence-electron chi connectivity index (χ0n) is 12.5. The standard InChI is InChI=1S/C14H18N2O5/c1-9-6-5-7-11(16(19)20)12(9)13(17)15(3)8-10(2)14(18)21-4/h5-7,10H,8H2,1-4H3. The first-order valence-electron chi connectivity index (χ1n) is 6.36. The highest BCUT2D eigenvalue weighted by Gasteiger charge is 2.26. The van der Waals surface area contributed by atoms with Crippen molar-refractivity contribution in [3.8, 4) is 0 Å². The topological polar surface area (TPSA) is 89.8 Å². The summed E-state index contributed by atoms with van der Waals surface area (Å²) in [7, 11) is 2.77. The molecule has 21 heavy (non-hydrogen) atoms. The van der Waals surface area contributed by atoms with Gasteiger partial charge in [-0.25, -0.2) is 0 Å². The van der Waals surface area contributed by atoms with Gasteiger partial charge >= 0.3 is 5.97 Å². The molecule has 0 aliphatic carbocycles. The quantitative estimate of drug-likeness (QED) is 0.469. The van der Waals surface area contributed by atoms with Crippen molar-refractivity contribution in [1.82, 2.24) is 4.90 Å². The first-order valence-corrected chi connectivity index (χ1v) is 6.36. The van der Waals surface area contributed by atoms with Crippen molar-refractivity contribution in [1.29, 1.82) is 0 Å². The average molecular weight is 294 g/mol. The molecule has 7 heteroatoms. The summed E-state index contributed by atoms with van der Waals surface area (Å²) in [4.78, 5) is 35.5. The Morgan fingerprint density at radius 2 is 2.05 bits per heavy atom. The van der Waals surface area contributed by atoms with Crippen LogP contribution in [-0.4, -0.2) is 42.4 Å². The van der Waals surface area contributed by atoms with E-state index in [-0.39, 0.29) is 17.8 Å². The van der Waals surface area contributed by atoms with Crippen LogP contribution in [0.1, 0.15) is 22.8 Å². The lowest BCUT2D eigenvalue weighted by molar-refractivity contribution is -0.385. The molecule has 0 aromatic heterocycles. The van der Waals surface area contributed by atoms with Crippen molar-refractivity contribution < 1.29 is 19.2 Å². The maximum Gasteiger partial charge on any atom is 0.310 e. The number of aryl methyl sites for hydroxylation is 1. The molecular weight excluding hydrogens is 276 g/mol. The van der Waals surface area contributed by atoms with E-state index in [1.54, 1.807) is 19.9 Å². The lowest BCUT2D eigenvalue weighted by Crippen LogP contribution is -2.34. The summed E-state index contributed by atoms with van der Waals surface area (Å²) in [6.07, 6.45) is 0. The number of nitro benzene ring substituents is 1. The molecule has 0 saturated carbocycles. The minimum atomic E-state index is -0.586. The number of methoxy groups -OCH3 is 1. The summed E-state index contributed by atoms with van der Waals surface area (Å²) in [5.74, 6) is -1.43. The fourth-order valence-corrected chi connectivity index (χ4v) is 2.04. The zero-order valence-corrected chi connectivity index (χ0v) is 12.5. The monoisotopic (exact) mass is 294 g/mol. The number of nitro groups is 1. The molecule has 0 bridgehead atoms. The number of carbonyl (C=O) groups is 2. The van der Waals surface area contributed by atoms with Gasteiger partial charge in [-0.1, -0.05) is 19.1 Å². The van der Waals surface area contributed by atoms with Gasteiger partial charge < -0.3 is 9.64 Å². The van der Waals surface area contributed by atoms with Crippen molar-refractivity contribution in [3.05, 3.63) is 39.4 Å². The van der Waals surface area contributed by atoms with Crippen LogP contribution in [0.4, 0.5) is 5.69 Å². The first-order chi connectivity index (χ1) is 9.79. The summed E-state index contributed by atoms with van der Waals surface area (Å²) in [6, 6.07) is 4.46. The molecule has 0 aliphatic heterocycles. The molecule has 0 aliphatic rings. The lowest BCUT2D eigenvalue weighted by Gasteiger charge is -2.21. The van der Waals surface area contributed by atoms with Crippen LogP contribution >= 0.6 is 0 Å². The largest absolute Gasteiger partial charge is 0.469 e. The molecule has 1 aromatic rings. The second-order valence-electron chi connectivity index (χ2n) is 4.84. The second kappa shape index (κ2) is 6.83. The van der Waals surface area contributed by atoms with Gasteiger partial charge in [-0.2, -0.15) is 0 Å². The number of benzene rings is 1. The van der Waals surface area contributed by atoms with Crippen LogP contribution in [-0.2, 0) is 9.53 Å². The highest BCUT2D eigenvalue weighted by Crippen LogP contribution is 2.23. The first kappa shape index (κ1) is 16.6. The van der Waals surface area contributed by atoms with E-state index < -0.39 is 22.7 Å². The van der Waals surface area contributed by atoms with Crippen LogP contribution in [0.3, 0.4) is 0 Å². The van der Waals surface area contributed by atoms with E-state index >= 15 is 0 Å². The summed E-state index contributed by atoms with van der Waals surface area (Å²) in [5, 5.41) is 11.0. The molecule has 0 fully saturated rings. The minimum absolute atomic E-state index is 0.0436. The molecule has 114 valence electrons. The zero-order chi connectivity index (χ0) is 16.2. The SMILES string of the molecule is COC(=O)C(C)CN(C)C(=O)c1c(C)cccc1[N+](=O)[O-]. The van der Waals surface area contributed by atoms with Gasteiger partial charge in [0, 0.05) is 19.7 Å². The Morgan fingerprint density at radius 3 is 2.57 bits per heavy atom. The molecule has 0 heterocycles. The van der Waals surface area contributed by atoms with E-state index in [0.29, 0.717) is 5.56 Å². The van der Waals surface area contributed by atoms with Crippen LogP contribution in [0.2, 0.25) is 0 Å². The average Bonchev–Trinajstić information content (AvgIpc) is 2.44. The highest BCUT2D eigenvalue weighted by atomic mass is 16.6. The molecule has 0 saturated heterocycles. The molecule has 1 amide bonds. The minimum Gasteiger partial charge on any atom is -0.469 e. The summed E-state index contributed by atoms with van der Waals surface area (Å²) >= 11 is 0. The van der Waals surface area contributed by atoms with Gasteiger partial charge in [0.25, 0.3) is 11.6 Å². The van der Waals surface area contributed by atoms with Crippen molar-refractivity contribution in [2.24, 2.45) is 5.92 Å². The predicted molar refractivity (Wildman–Crippen MR) is 76.0 cm³/mol. The van der Waals surface area contributed by atoms with Crippen molar-refractivity contribution in [3.63, 3.8) is 0 Å². The van der Waals surface area contributed by atoms with Crippen molar-refractivity contribution in [2.45, 2.75) is 13.8 Å². The second-order valence-corrected chi connectivity index (χ2v) is 4.84. The number of rotatable bonds is 5. The third-order valence-corrected chi connectivity index (χ3v) is 3.16. The number of nitrogens with zero attached hydrogens (tertiary/aromatic N) is 2. The number of ether oxygens (including phenoxy) is 1. The molecule has 0 spiro atoms. The van der Waals surface area contributed by atoms with Gasteiger partial charge in [0.2, 0.25) is 0 Å². The van der Waals surface area contributed by atoms with Crippen LogP contribution in [0.15, 0.2) is 18.2 Å².